The maximum Gasteiger partial charge on any atom is 0.420 e. The number of hydrogen-bond donors (Lipinski definition) is 2. The van der Waals surface area contributed by atoms with Crippen LogP contribution in [0.4, 0.5) is 24.5 Å². The first-order chi connectivity index (χ1) is 17.2. The maximum absolute atomic E-state index is 13.6. The second-order valence-electron chi connectivity index (χ2n) is 8.38. The minimum atomic E-state index is -4.78. The van der Waals surface area contributed by atoms with E-state index >= 15 is 0 Å². The molecule has 2 aromatic rings. The molecule has 0 bridgehead atoms. The molecule has 0 aromatic heterocycles. The monoisotopic (exact) mass is 567 g/mol. The summed E-state index contributed by atoms with van der Waals surface area (Å²) in [5.74, 6) is -0.394. The normalized spacial score (nSPS) is 15.0. The summed E-state index contributed by atoms with van der Waals surface area (Å²) in [6, 6.07) is 7.21. The standard InChI is InChI=1S/C22H28F3N3O7S2/c1-28(9-11-34-16-6-4-15(5-7-16)26-36(3,29)30)10-12-35-19-14-18(22(23,24)25)21(33-2)20-17(19)8-13-37(31,32)27-20/h4-7,14,26-27H,8-13H2,1-3H3. The van der Waals surface area contributed by atoms with Crippen molar-refractivity contribution in [2.75, 3.05) is 61.9 Å². The zero-order chi connectivity index (χ0) is 27.4. The Morgan fingerprint density at radius 3 is 2.30 bits per heavy atom. The molecule has 0 unspecified atom stereocenters. The van der Waals surface area contributed by atoms with Gasteiger partial charge in [-0.05, 0) is 43.8 Å². The molecule has 206 valence electrons. The highest BCUT2D eigenvalue weighted by atomic mass is 32.2. The Morgan fingerprint density at radius 1 is 1.11 bits per heavy atom. The van der Waals surface area contributed by atoms with E-state index < -0.39 is 37.5 Å². The second-order valence-corrected chi connectivity index (χ2v) is 12.0. The van der Waals surface area contributed by atoms with E-state index in [1.54, 1.807) is 31.3 Å². The molecular formula is C22H28F3N3O7S2. The third kappa shape index (κ3) is 8.04. The smallest absolute Gasteiger partial charge is 0.420 e. The lowest BCUT2D eigenvalue weighted by atomic mass is 10.0. The summed E-state index contributed by atoms with van der Waals surface area (Å²) < 4.78 is 108. The topological polar surface area (TPSA) is 123 Å². The number of nitrogens with zero attached hydrogens (tertiary/aromatic N) is 1. The van der Waals surface area contributed by atoms with Gasteiger partial charge < -0.3 is 14.2 Å². The van der Waals surface area contributed by atoms with Crippen LogP contribution in [0.1, 0.15) is 11.1 Å². The molecular weight excluding hydrogens is 539 g/mol. The van der Waals surface area contributed by atoms with E-state index in [1.807, 2.05) is 4.90 Å². The Balaban J connectivity index is 1.59. The van der Waals surface area contributed by atoms with Gasteiger partial charge in [-0.1, -0.05) is 0 Å². The maximum atomic E-state index is 13.6. The van der Waals surface area contributed by atoms with Crippen molar-refractivity contribution in [2.24, 2.45) is 0 Å². The number of alkyl halides is 3. The molecule has 1 aliphatic heterocycles. The molecule has 0 aliphatic carbocycles. The molecule has 1 aliphatic rings. The second kappa shape index (κ2) is 11.2. The van der Waals surface area contributed by atoms with Crippen LogP contribution in [0.3, 0.4) is 0 Å². The molecule has 0 fully saturated rings. The first kappa shape index (κ1) is 28.7. The molecule has 37 heavy (non-hydrogen) atoms. The van der Waals surface area contributed by atoms with Crippen molar-refractivity contribution >= 4 is 31.4 Å². The van der Waals surface area contributed by atoms with Crippen LogP contribution in [0, 0.1) is 0 Å². The van der Waals surface area contributed by atoms with Gasteiger partial charge in [0.05, 0.1) is 24.8 Å². The lowest BCUT2D eigenvalue weighted by Gasteiger charge is -2.26. The van der Waals surface area contributed by atoms with Crippen molar-refractivity contribution in [1.29, 1.82) is 0 Å². The predicted octanol–water partition coefficient (Wildman–Crippen LogP) is 2.77. The number of anilines is 2. The summed E-state index contributed by atoms with van der Waals surface area (Å²) in [4.78, 5) is 1.85. The van der Waals surface area contributed by atoms with E-state index in [0.717, 1.165) is 19.4 Å². The summed E-state index contributed by atoms with van der Waals surface area (Å²) in [7, 11) is -4.33. The van der Waals surface area contributed by atoms with Crippen molar-refractivity contribution in [1.82, 2.24) is 4.90 Å². The summed E-state index contributed by atoms with van der Waals surface area (Å²) in [5.41, 5.74) is -0.670. The van der Waals surface area contributed by atoms with Gasteiger partial charge in [-0.2, -0.15) is 13.2 Å². The molecule has 0 amide bonds. The number of rotatable bonds is 11. The number of fused-ring (bicyclic) bond motifs is 1. The fourth-order valence-corrected chi connectivity index (χ4v) is 5.27. The molecule has 3 rings (SSSR count). The summed E-state index contributed by atoms with van der Waals surface area (Å²) in [6.45, 7) is 1.17. The number of ether oxygens (including phenoxy) is 3. The fraction of sp³-hybridized carbons (Fsp3) is 0.455. The highest BCUT2D eigenvalue weighted by molar-refractivity contribution is 7.92. The number of halogens is 3. The lowest BCUT2D eigenvalue weighted by molar-refractivity contribution is -0.138. The van der Waals surface area contributed by atoms with Crippen molar-refractivity contribution in [3.05, 3.63) is 41.5 Å². The van der Waals surface area contributed by atoms with Gasteiger partial charge in [0.2, 0.25) is 20.0 Å². The third-order valence-electron chi connectivity index (χ3n) is 5.36. The average Bonchev–Trinajstić information content (AvgIpc) is 2.77. The van der Waals surface area contributed by atoms with E-state index in [-0.39, 0.29) is 30.2 Å². The van der Waals surface area contributed by atoms with Crippen LogP contribution in [-0.2, 0) is 32.6 Å². The lowest BCUT2D eigenvalue weighted by Crippen LogP contribution is -2.29. The van der Waals surface area contributed by atoms with Gasteiger partial charge >= 0.3 is 6.18 Å². The van der Waals surface area contributed by atoms with Crippen molar-refractivity contribution < 1.29 is 44.2 Å². The van der Waals surface area contributed by atoms with Gasteiger partial charge in [-0.3, -0.25) is 14.3 Å². The molecule has 2 N–H and O–H groups in total. The number of likely N-dealkylation sites (N-methyl/N-ethyl adjacent to an activating group) is 1. The summed E-state index contributed by atoms with van der Waals surface area (Å²) in [5, 5.41) is 0. The first-order valence-electron chi connectivity index (χ1n) is 11.0. The minimum absolute atomic E-state index is 0.0172. The number of methoxy groups -OCH3 is 1. The SMILES string of the molecule is COc1c(C(F)(F)F)cc(OCCN(C)CCOc2ccc(NS(C)(=O)=O)cc2)c2c1NS(=O)(=O)CC2. The molecule has 0 spiro atoms. The molecule has 2 aromatic carbocycles. The van der Waals surface area contributed by atoms with Crippen LogP contribution in [0.2, 0.25) is 0 Å². The zero-order valence-corrected chi connectivity index (χ0v) is 22.0. The number of sulfonamides is 2. The molecule has 0 radical (unpaired) electrons. The van der Waals surface area contributed by atoms with E-state index in [9.17, 15) is 30.0 Å². The van der Waals surface area contributed by atoms with Crippen molar-refractivity contribution in [3.8, 4) is 17.2 Å². The largest absolute Gasteiger partial charge is 0.494 e. The number of benzene rings is 2. The molecule has 15 heteroatoms. The van der Waals surface area contributed by atoms with Crippen LogP contribution in [-0.4, -0.2) is 74.2 Å². The van der Waals surface area contributed by atoms with Gasteiger partial charge in [0, 0.05) is 24.3 Å². The number of hydrogen-bond acceptors (Lipinski definition) is 8. The average molecular weight is 568 g/mol. The molecule has 10 nitrogen and oxygen atoms in total. The first-order valence-corrected chi connectivity index (χ1v) is 14.6. The molecule has 0 saturated heterocycles. The highest BCUT2D eigenvalue weighted by Gasteiger charge is 2.39. The number of nitrogens with one attached hydrogen (secondary N) is 2. The summed E-state index contributed by atoms with van der Waals surface area (Å²) >= 11 is 0. The van der Waals surface area contributed by atoms with Gasteiger partial charge in [0.25, 0.3) is 0 Å². The third-order valence-corrected chi connectivity index (χ3v) is 7.23. The highest BCUT2D eigenvalue weighted by Crippen LogP contribution is 2.47. The van der Waals surface area contributed by atoms with E-state index in [0.29, 0.717) is 36.7 Å². The van der Waals surface area contributed by atoms with Crippen LogP contribution in [0.5, 0.6) is 17.2 Å². The Labute approximate surface area is 213 Å². The van der Waals surface area contributed by atoms with Gasteiger partial charge in [0.15, 0.2) is 5.75 Å². The van der Waals surface area contributed by atoms with Gasteiger partial charge in [-0.15, -0.1) is 0 Å². The quantitative estimate of drug-likeness (QED) is 0.425. The fourth-order valence-electron chi connectivity index (χ4n) is 3.60. The van der Waals surface area contributed by atoms with Gasteiger partial charge in [-0.25, -0.2) is 16.8 Å². The predicted molar refractivity (Wildman–Crippen MR) is 133 cm³/mol. The van der Waals surface area contributed by atoms with E-state index in [1.165, 1.54) is 0 Å². The van der Waals surface area contributed by atoms with E-state index in [2.05, 4.69) is 9.44 Å². The van der Waals surface area contributed by atoms with Crippen molar-refractivity contribution in [2.45, 2.75) is 12.6 Å². The minimum Gasteiger partial charge on any atom is -0.494 e. The van der Waals surface area contributed by atoms with Crippen LogP contribution >= 0.6 is 0 Å². The Kier molecular flexibility index (Phi) is 8.70. The summed E-state index contributed by atoms with van der Waals surface area (Å²) in [6.07, 6.45) is -3.75. The Morgan fingerprint density at radius 2 is 1.73 bits per heavy atom. The van der Waals surface area contributed by atoms with Crippen LogP contribution in [0.25, 0.3) is 0 Å². The molecule has 0 saturated carbocycles. The van der Waals surface area contributed by atoms with Gasteiger partial charge in [0.1, 0.15) is 30.3 Å². The van der Waals surface area contributed by atoms with Crippen LogP contribution in [0.15, 0.2) is 30.3 Å². The van der Waals surface area contributed by atoms with Crippen molar-refractivity contribution in [3.63, 3.8) is 0 Å². The zero-order valence-electron chi connectivity index (χ0n) is 20.4. The van der Waals surface area contributed by atoms with E-state index in [4.69, 9.17) is 14.2 Å². The molecule has 0 atom stereocenters. The van der Waals surface area contributed by atoms with Crippen LogP contribution < -0.4 is 23.7 Å². The molecule has 1 heterocycles. The Bertz CT molecular complexity index is 1320. The Hall–Kier alpha value is -2.91.